The van der Waals surface area contributed by atoms with Crippen LogP contribution in [0.2, 0.25) is 0 Å². The maximum absolute atomic E-state index is 12.3. The highest BCUT2D eigenvalue weighted by atomic mass is 32.2. The number of carbonyl (C=O) groups is 2. The summed E-state index contributed by atoms with van der Waals surface area (Å²) >= 11 is 0. The molecule has 1 aliphatic rings. The predicted octanol–water partition coefficient (Wildman–Crippen LogP) is 0.544. The fourth-order valence-electron chi connectivity index (χ4n) is 2.54. The Kier molecular flexibility index (Phi) is 5.89. The number of benzene rings is 2. The van der Waals surface area contributed by atoms with Crippen molar-refractivity contribution in [3.63, 3.8) is 0 Å². The average Bonchev–Trinajstić information content (AvgIpc) is 3.17. The summed E-state index contributed by atoms with van der Waals surface area (Å²) in [5.41, 5.74) is 0.610. The van der Waals surface area contributed by atoms with Crippen LogP contribution in [-0.4, -0.2) is 40.8 Å². The summed E-state index contributed by atoms with van der Waals surface area (Å²) in [5.74, 6) is -0.166. The Morgan fingerprint density at radius 2 is 1.90 bits per heavy atom. The lowest BCUT2D eigenvalue weighted by Gasteiger charge is -2.10. The number of sulfonamides is 1. The molecule has 0 spiro atoms. The van der Waals surface area contributed by atoms with Crippen molar-refractivity contribution in [3.05, 3.63) is 47.5 Å². The van der Waals surface area contributed by atoms with Gasteiger partial charge in [0.2, 0.25) is 16.8 Å². The number of methoxy groups -OCH3 is 1. The van der Waals surface area contributed by atoms with Crippen molar-refractivity contribution in [1.82, 2.24) is 5.32 Å². The molecular formula is C18H18N2O8S. The molecule has 11 heteroatoms. The third-order valence-corrected chi connectivity index (χ3v) is 4.89. The van der Waals surface area contributed by atoms with E-state index in [1.54, 1.807) is 18.2 Å². The molecule has 0 saturated heterocycles. The SMILES string of the molecule is COc1ccc(S(N)(=O)=O)cc1C(=O)OCC(=O)NCc1ccc2c(c1)OCO2. The summed E-state index contributed by atoms with van der Waals surface area (Å²) < 4.78 is 43.4. The van der Waals surface area contributed by atoms with Gasteiger partial charge in [-0.1, -0.05) is 6.07 Å². The van der Waals surface area contributed by atoms with Crippen molar-refractivity contribution in [2.24, 2.45) is 5.14 Å². The van der Waals surface area contributed by atoms with Crippen molar-refractivity contribution in [3.8, 4) is 17.2 Å². The Labute approximate surface area is 166 Å². The van der Waals surface area contributed by atoms with Gasteiger partial charge < -0.3 is 24.3 Å². The summed E-state index contributed by atoms with van der Waals surface area (Å²) in [7, 11) is -2.71. The van der Waals surface area contributed by atoms with Crippen molar-refractivity contribution in [2.45, 2.75) is 11.4 Å². The molecule has 10 nitrogen and oxygen atoms in total. The quantitative estimate of drug-likeness (QED) is 0.616. The first-order valence-corrected chi connectivity index (χ1v) is 9.86. The van der Waals surface area contributed by atoms with Crippen LogP contribution in [0.15, 0.2) is 41.3 Å². The van der Waals surface area contributed by atoms with E-state index in [-0.39, 0.29) is 29.5 Å². The zero-order valence-corrected chi connectivity index (χ0v) is 16.2. The lowest BCUT2D eigenvalue weighted by atomic mass is 10.2. The zero-order valence-electron chi connectivity index (χ0n) is 15.3. The first-order chi connectivity index (χ1) is 13.8. The molecule has 2 aromatic rings. The van der Waals surface area contributed by atoms with Gasteiger partial charge in [-0.15, -0.1) is 0 Å². The van der Waals surface area contributed by atoms with Gasteiger partial charge in [0.1, 0.15) is 11.3 Å². The molecular weight excluding hydrogens is 404 g/mol. The maximum Gasteiger partial charge on any atom is 0.342 e. The van der Waals surface area contributed by atoms with Crippen LogP contribution < -0.4 is 24.7 Å². The minimum absolute atomic E-state index is 0.0863. The molecule has 3 N–H and O–H groups in total. The average molecular weight is 422 g/mol. The Balaban J connectivity index is 1.58. The van der Waals surface area contributed by atoms with Crippen LogP contribution in [0.3, 0.4) is 0 Å². The molecule has 3 rings (SSSR count). The summed E-state index contributed by atoms with van der Waals surface area (Å²) in [6.45, 7) is -0.222. The van der Waals surface area contributed by atoms with Crippen LogP contribution in [-0.2, 0) is 26.1 Å². The Morgan fingerprint density at radius 3 is 2.62 bits per heavy atom. The van der Waals surface area contributed by atoms with E-state index in [2.05, 4.69) is 5.32 Å². The number of nitrogens with one attached hydrogen (secondary N) is 1. The van der Waals surface area contributed by atoms with Gasteiger partial charge in [-0.25, -0.2) is 18.4 Å². The van der Waals surface area contributed by atoms with Crippen LogP contribution >= 0.6 is 0 Å². The number of fused-ring (bicyclic) bond motifs is 1. The lowest BCUT2D eigenvalue weighted by Crippen LogP contribution is -2.28. The van der Waals surface area contributed by atoms with Crippen LogP contribution in [0.5, 0.6) is 17.2 Å². The second kappa shape index (κ2) is 8.37. The number of carbonyl (C=O) groups excluding carboxylic acids is 2. The second-order valence-corrected chi connectivity index (χ2v) is 7.51. The van der Waals surface area contributed by atoms with Gasteiger partial charge in [0.15, 0.2) is 18.1 Å². The molecule has 154 valence electrons. The van der Waals surface area contributed by atoms with Crippen LogP contribution in [0.1, 0.15) is 15.9 Å². The Morgan fingerprint density at radius 1 is 1.14 bits per heavy atom. The second-order valence-electron chi connectivity index (χ2n) is 5.95. The van der Waals surface area contributed by atoms with Gasteiger partial charge in [0.25, 0.3) is 5.91 Å². The van der Waals surface area contributed by atoms with Crippen LogP contribution in [0.4, 0.5) is 0 Å². The van der Waals surface area contributed by atoms with Crippen molar-refractivity contribution >= 4 is 21.9 Å². The summed E-state index contributed by atoms with van der Waals surface area (Å²) in [4.78, 5) is 24.0. The van der Waals surface area contributed by atoms with E-state index in [4.69, 9.17) is 24.1 Å². The van der Waals surface area contributed by atoms with Crippen molar-refractivity contribution in [1.29, 1.82) is 0 Å². The predicted molar refractivity (Wildman–Crippen MR) is 99.1 cm³/mol. The Bertz CT molecular complexity index is 1050. The number of hydrogen-bond acceptors (Lipinski definition) is 8. The molecule has 0 unspecified atom stereocenters. The number of primary sulfonamides is 1. The topological polar surface area (TPSA) is 143 Å². The fourth-order valence-corrected chi connectivity index (χ4v) is 3.07. The van der Waals surface area contributed by atoms with Gasteiger partial charge in [0, 0.05) is 6.54 Å². The fraction of sp³-hybridized carbons (Fsp3) is 0.222. The van der Waals surface area contributed by atoms with Crippen molar-refractivity contribution < 1.29 is 37.0 Å². The number of ether oxygens (including phenoxy) is 4. The molecule has 0 aromatic heterocycles. The van der Waals surface area contributed by atoms with Gasteiger partial charge in [0.05, 0.1) is 12.0 Å². The lowest BCUT2D eigenvalue weighted by molar-refractivity contribution is -0.124. The number of amides is 1. The molecule has 0 bridgehead atoms. The largest absolute Gasteiger partial charge is 0.496 e. The first-order valence-electron chi connectivity index (χ1n) is 8.31. The van der Waals surface area contributed by atoms with Gasteiger partial charge in [-0.05, 0) is 35.9 Å². The maximum atomic E-state index is 12.3. The van der Waals surface area contributed by atoms with Crippen molar-refractivity contribution in [2.75, 3.05) is 20.5 Å². The van der Waals surface area contributed by atoms with Gasteiger partial charge >= 0.3 is 5.97 Å². The van der Waals surface area contributed by atoms with E-state index < -0.39 is 28.5 Å². The van der Waals surface area contributed by atoms with E-state index in [1.165, 1.54) is 19.2 Å². The minimum Gasteiger partial charge on any atom is -0.496 e. The van der Waals surface area contributed by atoms with E-state index in [9.17, 15) is 18.0 Å². The molecule has 1 heterocycles. The molecule has 29 heavy (non-hydrogen) atoms. The normalized spacial score (nSPS) is 12.3. The highest BCUT2D eigenvalue weighted by Gasteiger charge is 2.19. The summed E-state index contributed by atoms with van der Waals surface area (Å²) in [5, 5.41) is 7.67. The molecule has 0 aliphatic carbocycles. The molecule has 1 amide bonds. The monoisotopic (exact) mass is 422 g/mol. The smallest absolute Gasteiger partial charge is 0.342 e. The number of esters is 1. The minimum atomic E-state index is -4.02. The molecule has 1 aliphatic heterocycles. The number of nitrogens with two attached hydrogens (primary N) is 1. The van der Waals surface area contributed by atoms with Gasteiger partial charge in [-0.3, -0.25) is 4.79 Å². The van der Waals surface area contributed by atoms with E-state index in [0.717, 1.165) is 11.6 Å². The number of hydrogen-bond donors (Lipinski definition) is 2. The zero-order chi connectivity index (χ0) is 21.0. The van der Waals surface area contributed by atoms with E-state index >= 15 is 0 Å². The molecule has 0 atom stereocenters. The summed E-state index contributed by atoms with van der Waals surface area (Å²) in [6.07, 6.45) is 0. The molecule has 0 fully saturated rings. The summed E-state index contributed by atoms with van der Waals surface area (Å²) in [6, 6.07) is 8.73. The van der Waals surface area contributed by atoms with Crippen LogP contribution in [0, 0.1) is 0 Å². The highest BCUT2D eigenvalue weighted by Crippen LogP contribution is 2.32. The molecule has 0 saturated carbocycles. The van der Waals surface area contributed by atoms with Gasteiger partial charge in [-0.2, -0.15) is 0 Å². The third kappa shape index (κ3) is 4.95. The third-order valence-electron chi connectivity index (χ3n) is 3.98. The standard InChI is InChI=1S/C18H18N2O8S/c1-25-14-5-3-12(29(19,23)24)7-13(14)18(22)26-9-17(21)20-8-11-2-4-15-16(6-11)28-10-27-15/h2-7H,8-10H2,1H3,(H,20,21)(H2,19,23,24). The molecule has 0 radical (unpaired) electrons. The highest BCUT2D eigenvalue weighted by molar-refractivity contribution is 7.89. The Hall–Kier alpha value is -3.31. The van der Waals surface area contributed by atoms with E-state index in [0.29, 0.717) is 11.5 Å². The van der Waals surface area contributed by atoms with E-state index in [1.807, 2.05) is 0 Å². The number of rotatable bonds is 7. The first kappa shape index (κ1) is 20.4. The molecule has 2 aromatic carbocycles. The van der Waals surface area contributed by atoms with Crippen LogP contribution in [0.25, 0.3) is 0 Å².